The average Bonchev–Trinajstić information content (AvgIpc) is 2.96. The van der Waals surface area contributed by atoms with Gasteiger partial charge in [-0.1, -0.05) is 24.3 Å². The van der Waals surface area contributed by atoms with Crippen molar-refractivity contribution in [2.45, 2.75) is 45.7 Å². The quantitative estimate of drug-likeness (QED) is 0.883. The van der Waals surface area contributed by atoms with Gasteiger partial charge in [0.05, 0.1) is 29.8 Å². The summed E-state index contributed by atoms with van der Waals surface area (Å²) in [6, 6.07) is 6.86. The zero-order chi connectivity index (χ0) is 17.9. The lowest BCUT2D eigenvalue weighted by Crippen LogP contribution is -2.30. The number of carboxylic acid groups (broad SMARTS) is 1. The molecule has 0 bridgehead atoms. The Morgan fingerprint density at radius 2 is 1.96 bits per heavy atom. The molecule has 1 amide bonds. The molecule has 1 unspecified atom stereocenters. The minimum absolute atomic E-state index is 0.177. The van der Waals surface area contributed by atoms with Crippen LogP contribution in [0.15, 0.2) is 36.7 Å². The lowest BCUT2D eigenvalue weighted by atomic mass is 9.98. The summed E-state index contributed by atoms with van der Waals surface area (Å²) in [7, 11) is 0. The molecule has 0 aliphatic carbocycles. The molecular weight excluding hydrogens is 306 g/mol. The molecular formula is C18H23N3O3. The summed E-state index contributed by atoms with van der Waals surface area (Å²) in [6.07, 6.45) is 2.99. The van der Waals surface area contributed by atoms with Gasteiger partial charge in [-0.2, -0.15) is 5.10 Å². The Labute approximate surface area is 141 Å². The zero-order valence-electron chi connectivity index (χ0n) is 14.4. The van der Waals surface area contributed by atoms with Gasteiger partial charge in [0.25, 0.3) is 5.91 Å². The summed E-state index contributed by atoms with van der Waals surface area (Å²) in [5, 5.41) is 16.2. The summed E-state index contributed by atoms with van der Waals surface area (Å²) < 4.78 is 1.71. The van der Waals surface area contributed by atoms with Crippen molar-refractivity contribution >= 4 is 11.9 Å². The van der Waals surface area contributed by atoms with E-state index in [9.17, 15) is 9.59 Å². The minimum atomic E-state index is -0.964. The maximum Gasteiger partial charge on any atom is 0.305 e. The van der Waals surface area contributed by atoms with Gasteiger partial charge in [-0.15, -0.1) is 0 Å². The second-order valence-electron chi connectivity index (χ2n) is 6.82. The third-order valence-corrected chi connectivity index (χ3v) is 3.78. The van der Waals surface area contributed by atoms with Gasteiger partial charge in [0, 0.05) is 6.20 Å². The van der Waals surface area contributed by atoms with Gasteiger partial charge in [-0.25, -0.2) is 0 Å². The first-order valence-electron chi connectivity index (χ1n) is 7.82. The van der Waals surface area contributed by atoms with E-state index in [4.69, 9.17) is 5.11 Å². The van der Waals surface area contributed by atoms with Gasteiger partial charge < -0.3 is 10.4 Å². The minimum Gasteiger partial charge on any atom is -0.481 e. The molecule has 0 radical (unpaired) electrons. The predicted octanol–water partition coefficient (Wildman–Crippen LogP) is 2.89. The number of aromatic nitrogens is 2. The van der Waals surface area contributed by atoms with Crippen LogP contribution in [0, 0.1) is 6.92 Å². The fraction of sp³-hybridized carbons (Fsp3) is 0.389. The number of nitrogens with one attached hydrogen (secondary N) is 1. The molecule has 2 aromatic rings. The SMILES string of the molecule is Cc1ccccc1C(CC(=O)O)NC(=O)c1cnn(C(C)(C)C)c1. The normalized spacial score (nSPS) is 12.7. The highest BCUT2D eigenvalue weighted by molar-refractivity contribution is 5.94. The Bertz CT molecular complexity index is 744. The second-order valence-corrected chi connectivity index (χ2v) is 6.82. The van der Waals surface area contributed by atoms with Gasteiger partial charge in [0.15, 0.2) is 0 Å². The van der Waals surface area contributed by atoms with E-state index >= 15 is 0 Å². The van der Waals surface area contributed by atoms with Crippen LogP contribution in [-0.2, 0) is 10.3 Å². The summed E-state index contributed by atoms with van der Waals surface area (Å²) in [6.45, 7) is 7.86. The third-order valence-electron chi connectivity index (χ3n) is 3.78. The predicted molar refractivity (Wildman–Crippen MR) is 90.9 cm³/mol. The Hall–Kier alpha value is -2.63. The number of carbonyl (C=O) groups excluding carboxylic acids is 1. The molecule has 0 fully saturated rings. The van der Waals surface area contributed by atoms with Crippen molar-refractivity contribution in [3.8, 4) is 0 Å². The number of benzene rings is 1. The van der Waals surface area contributed by atoms with E-state index in [0.717, 1.165) is 11.1 Å². The summed E-state index contributed by atoms with van der Waals surface area (Å²) in [4.78, 5) is 23.7. The van der Waals surface area contributed by atoms with Crippen molar-refractivity contribution in [2.24, 2.45) is 0 Å². The Balaban J connectivity index is 2.23. The number of amides is 1. The van der Waals surface area contributed by atoms with E-state index in [-0.39, 0.29) is 17.9 Å². The maximum atomic E-state index is 12.5. The zero-order valence-corrected chi connectivity index (χ0v) is 14.4. The van der Waals surface area contributed by atoms with Gasteiger partial charge >= 0.3 is 5.97 Å². The molecule has 128 valence electrons. The van der Waals surface area contributed by atoms with Crippen LogP contribution in [0.5, 0.6) is 0 Å². The van der Waals surface area contributed by atoms with E-state index < -0.39 is 12.0 Å². The van der Waals surface area contributed by atoms with Crippen LogP contribution in [-0.4, -0.2) is 26.8 Å². The molecule has 0 aliphatic heterocycles. The van der Waals surface area contributed by atoms with Gasteiger partial charge in [-0.05, 0) is 38.8 Å². The van der Waals surface area contributed by atoms with Crippen molar-refractivity contribution in [3.05, 3.63) is 53.3 Å². The number of rotatable bonds is 5. The topological polar surface area (TPSA) is 84.2 Å². The lowest BCUT2D eigenvalue weighted by molar-refractivity contribution is -0.137. The molecule has 1 aromatic heterocycles. The van der Waals surface area contributed by atoms with Gasteiger partial charge in [0.2, 0.25) is 0 Å². The van der Waals surface area contributed by atoms with Crippen LogP contribution in [0.3, 0.4) is 0 Å². The first-order chi connectivity index (χ1) is 11.2. The van der Waals surface area contributed by atoms with E-state index in [1.54, 1.807) is 10.9 Å². The number of hydrogen-bond acceptors (Lipinski definition) is 3. The maximum absolute atomic E-state index is 12.5. The molecule has 6 heteroatoms. The van der Waals surface area contributed by atoms with Crippen molar-refractivity contribution in [2.75, 3.05) is 0 Å². The molecule has 24 heavy (non-hydrogen) atoms. The molecule has 6 nitrogen and oxygen atoms in total. The molecule has 2 N–H and O–H groups in total. The molecule has 0 saturated heterocycles. The number of nitrogens with zero attached hydrogens (tertiary/aromatic N) is 2. The standard InChI is InChI=1S/C18H23N3O3/c1-12-7-5-6-8-14(12)15(9-16(22)23)20-17(24)13-10-19-21(11-13)18(2,3)4/h5-8,10-11,15H,9H2,1-4H3,(H,20,24)(H,22,23). The number of carboxylic acids is 1. The van der Waals surface area contributed by atoms with Crippen molar-refractivity contribution in [3.63, 3.8) is 0 Å². The summed E-state index contributed by atoms with van der Waals surface area (Å²) >= 11 is 0. The molecule has 1 atom stereocenters. The number of aliphatic carboxylic acids is 1. The smallest absolute Gasteiger partial charge is 0.305 e. The van der Waals surface area contributed by atoms with E-state index in [0.29, 0.717) is 5.56 Å². The highest BCUT2D eigenvalue weighted by Gasteiger charge is 2.22. The lowest BCUT2D eigenvalue weighted by Gasteiger charge is -2.20. The number of hydrogen-bond donors (Lipinski definition) is 2. The van der Waals surface area contributed by atoms with Crippen LogP contribution in [0.1, 0.15) is 54.7 Å². The highest BCUT2D eigenvalue weighted by Crippen LogP contribution is 2.21. The molecule has 1 aromatic carbocycles. The Kier molecular flexibility index (Phi) is 5.07. The fourth-order valence-electron chi connectivity index (χ4n) is 2.44. The summed E-state index contributed by atoms with van der Waals surface area (Å²) in [5.41, 5.74) is 1.93. The summed E-state index contributed by atoms with van der Waals surface area (Å²) in [5.74, 6) is -1.30. The largest absolute Gasteiger partial charge is 0.481 e. The van der Waals surface area contributed by atoms with Crippen LogP contribution in [0.25, 0.3) is 0 Å². The van der Waals surface area contributed by atoms with Gasteiger partial charge in [0.1, 0.15) is 0 Å². The fourth-order valence-corrected chi connectivity index (χ4v) is 2.44. The van der Waals surface area contributed by atoms with E-state index in [2.05, 4.69) is 10.4 Å². The first kappa shape index (κ1) is 17.7. The monoisotopic (exact) mass is 329 g/mol. The van der Waals surface area contributed by atoms with Crippen LogP contribution >= 0.6 is 0 Å². The van der Waals surface area contributed by atoms with Crippen molar-refractivity contribution in [1.82, 2.24) is 15.1 Å². The van der Waals surface area contributed by atoms with Gasteiger partial charge in [-0.3, -0.25) is 14.3 Å². The number of carbonyl (C=O) groups is 2. The Morgan fingerprint density at radius 3 is 2.50 bits per heavy atom. The molecule has 0 saturated carbocycles. The second kappa shape index (κ2) is 6.86. The van der Waals surface area contributed by atoms with E-state index in [1.807, 2.05) is 52.0 Å². The van der Waals surface area contributed by atoms with Crippen molar-refractivity contribution in [1.29, 1.82) is 0 Å². The third kappa shape index (κ3) is 4.22. The molecule has 2 rings (SSSR count). The van der Waals surface area contributed by atoms with E-state index in [1.165, 1.54) is 6.20 Å². The van der Waals surface area contributed by atoms with Crippen LogP contribution in [0.4, 0.5) is 0 Å². The Morgan fingerprint density at radius 1 is 1.29 bits per heavy atom. The first-order valence-corrected chi connectivity index (χ1v) is 7.82. The molecule has 0 spiro atoms. The van der Waals surface area contributed by atoms with Crippen LogP contribution in [0.2, 0.25) is 0 Å². The number of aryl methyl sites for hydroxylation is 1. The van der Waals surface area contributed by atoms with Crippen molar-refractivity contribution < 1.29 is 14.7 Å². The highest BCUT2D eigenvalue weighted by atomic mass is 16.4. The average molecular weight is 329 g/mol. The van der Waals surface area contributed by atoms with Crippen LogP contribution < -0.4 is 5.32 Å². The molecule has 1 heterocycles. The molecule has 0 aliphatic rings.